The van der Waals surface area contributed by atoms with Crippen molar-refractivity contribution in [2.75, 3.05) is 13.1 Å². The van der Waals surface area contributed by atoms with E-state index in [1.54, 1.807) is 0 Å². The van der Waals surface area contributed by atoms with Gasteiger partial charge in [-0.05, 0) is 25.7 Å². The molecular formula is C13H24N2O3. The minimum atomic E-state index is -0.805. The van der Waals surface area contributed by atoms with Crippen LogP contribution in [0.3, 0.4) is 0 Å². The number of nitrogens with one attached hydrogen (secondary N) is 1. The first-order valence-corrected chi connectivity index (χ1v) is 6.68. The van der Waals surface area contributed by atoms with Crippen molar-refractivity contribution in [1.82, 2.24) is 5.32 Å². The molecule has 1 rings (SSSR count). The summed E-state index contributed by atoms with van der Waals surface area (Å²) in [7, 11) is 0. The van der Waals surface area contributed by atoms with Gasteiger partial charge in [0.2, 0.25) is 5.91 Å². The summed E-state index contributed by atoms with van der Waals surface area (Å²) < 4.78 is 0. The summed E-state index contributed by atoms with van der Waals surface area (Å²) in [6.45, 7) is 4.40. The summed E-state index contributed by atoms with van der Waals surface area (Å²) in [5, 5.41) is 12.0. The zero-order valence-corrected chi connectivity index (χ0v) is 11.3. The van der Waals surface area contributed by atoms with Crippen molar-refractivity contribution in [1.29, 1.82) is 0 Å². The van der Waals surface area contributed by atoms with Crippen LogP contribution in [0.5, 0.6) is 0 Å². The molecule has 5 heteroatoms. The maximum atomic E-state index is 12.2. The van der Waals surface area contributed by atoms with E-state index in [0.717, 1.165) is 6.42 Å². The van der Waals surface area contributed by atoms with Crippen LogP contribution in [0.1, 0.15) is 46.0 Å². The quantitative estimate of drug-likeness (QED) is 0.636. The van der Waals surface area contributed by atoms with E-state index in [-0.39, 0.29) is 12.5 Å². The van der Waals surface area contributed by atoms with Crippen molar-refractivity contribution in [3.05, 3.63) is 0 Å². The Morgan fingerprint density at radius 1 is 1.33 bits per heavy atom. The average molecular weight is 256 g/mol. The highest BCUT2D eigenvalue weighted by Gasteiger charge is 2.45. The summed E-state index contributed by atoms with van der Waals surface area (Å²) in [5.41, 5.74) is 4.41. The van der Waals surface area contributed by atoms with Crippen molar-refractivity contribution in [2.45, 2.75) is 46.0 Å². The highest BCUT2D eigenvalue weighted by molar-refractivity contribution is 5.84. The van der Waals surface area contributed by atoms with Gasteiger partial charge in [0.25, 0.3) is 0 Å². The van der Waals surface area contributed by atoms with E-state index in [2.05, 4.69) is 5.32 Å². The number of hydrogen-bond acceptors (Lipinski definition) is 3. The largest absolute Gasteiger partial charge is 0.481 e. The molecule has 0 aromatic carbocycles. The Kier molecular flexibility index (Phi) is 4.73. The molecular weight excluding hydrogens is 232 g/mol. The molecule has 1 aliphatic rings. The molecule has 1 saturated carbocycles. The fourth-order valence-corrected chi connectivity index (χ4v) is 2.46. The Balaban J connectivity index is 2.62. The number of aliphatic carboxylic acids is 1. The van der Waals surface area contributed by atoms with Crippen LogP contribution < -0.4 is 11.1 Å². The summed E-state index contributed by atoms with van der Waals surface area (Å²) in [6, 6.07) is 0. The minimum absolute atomic E-state index is 0.109. The van der Waals surface area contributed by atoms with Gasteiger partial charge in [-0.2, -0.15) is 0 Å². The van der Waals surface area contributed by atoms with Crippen molar-refractivity contribution in [3.8, 4) is 0 Å². The van der Waals surface area contributed by atoms with Crippen LogP contribution in [0.4, 0.5) is 0 Å². The molecule has 18 heavy (non-hydrogen) atoms. The van der Waals surface area contributed by atoms with Gasteiger partial charge in [0.15, 0.2) is 0 Å². The van der Waals surface area contributed by atoms with Crippen molar-refractivity contribution in [2.24, 2.45) is 16.6 Å². The topological polar surface area (TPSA) is 92.4 Å². The lowest BCUT2D eigenvalue weighted by Crippen LogP contribution is -2.52. The number of carbonyl (C=O) groups is 2. The van der Waals surface area contributed by atoms with Gasteiger partial charge in [-0.25, -0.2) is 0 Å². The van der Waals surface area contributed by atoms with Gasteiger partial charge < -0.3 is 16.2 Å². The first-order chi connectivity index (χ1) is 8.46. The molecule has 0 spiro atoms. The molecule has 0 heterocycles. The number of carboxylic acid groups (broad SMARTS) is 1. The van der Waals surface area contributed by atoms with Crippen LogP contribution in [0, 0.1) is 10.8 Å². The number of carboxylic acids is 1. The molecule has 4 N–H and O–H groups in total. The fourth-order valence-electron chi connectivity index (χ4n) is 2.46. The number of rotatable bonds is 7. The molecule has 5 nitrogen and oxygen atoms in total. The second kappa shape index (κ2) is 5.69. The van der Waals surface area contributed by atoms with Crippen LogP contribution in [-0.4, -0.2) is 30.1 Å². The van der Waals surface area contributed by atoms with Gasteiger partial charge in [0.05, 0.1) is 10.8 Å². The van der Waals surface area contributed by atoms with Crippen molar-refractivity contribution >= 4 is 11.9 Å². The van der Waals surface area contributed by atoms with E-state index in [1.807, 2.05) is 13.8 Å². The predicted molar refractivity (Wildman–Crippen MR) is 69.0 cm³/mol. The highest BCUT2D eigenvalue weighted by atomic mass is 16.4. The SMILES string of the molecule is CCC(CC)(CN)C(=O)NCC1(C(=O)O)CCC1. The molecule has 0 aromatic rings. The van der Waals surface area contributed by atoms with E-state index in [4.69, 9.17) is 5.73 Å². The summed E-state index contributed by atoms with van der Waals surface area (Å²) in [4.78, 5) is 23.4. The molecule has 0 unspecified atom stereocenters. The van der Waals surface area contributed by atoms with Gasteiger partial charge in [-0.15, -0.1) is 0 Å². The second-order valence-corrected chi connectivity index (χ2v) is 5.31. The van der Waals surface area contributed by atoms with Gasteiger partial charge >= 0.3 is 5.97 Å². The lowest BCUT2D eigenvalue weighted by molar-refractivity contribution is -0.154. The standard InChI is InChI=1S/C13H24N2O3/c1-3-12(4-2,8-14)10(16)15-9-13(11(17)18)6-5-7-13/h3-9,14H2,1-2H3,(H,15,16)(H,17,18). The molecule has 0 aliphatic heterocycles. The number of hydrogen-bond donors (Lipinski definition) is 3. The molecule has 0 radical (unpaired) electrons. The van der Waals surface area contributed by atoms with Crippen LogP contribution in [0.2, 0.25) is 0 Å². The van der Waals surface area contributed by atoms with Gasteiger partial charge in [0, 0.05) is 13.1 Å². The van der Waals surface area contributed by atoms with Gasteiger partial charge in [-0.3, -0.25) is 9.59 Å². The third-order valence-corrected chi connectivity index (χ3v) is 4.58. The Labute approximate surface area is 108 Å². The van der Waals surface area contributed by atoms with Crippen LogP contribution in [0.15, 0.2) is 0 Å². The van der Waals surface area contributed by atoms with E-state index in [1.165, 1.54) is 0 Å². The Morgan fingerprint density at radius 2 is 1.89 bits per heavy atom. The molecule has 1 fully saturated rings. The number of amides is 1. The first-order valence-electron chi connectivity index (χ1n) is 6.68. The Morgan fingerprint density at radius 3 is 2.17 bits per heavy atom. The summed E-state index contributed by atoms with van der Waals surface area (Å²) in [6.07, 6.45) is 3.57. The first kappa shape index (κ1) is 15.0. The maximum absolute atomic E-state index is 12.2. The van der Waals surface area contributed by atoms with E-state index in [9.17, 15) is 14.7 Å². The summed E-state index contributed by atoms with van der Waals surface area (Å²) >= 11 is 0. The monoisotopic (exact) mass is 256 g/mol. The molecule has 1 amide bonds. The zero-order chi connectivity index (χ0) is 13.8. The molecule has 0 saturated heterocycles. The number of carbonyl (C=O) groups excluding carboxylic acids is 1. The second-order valence-electron chi connectivity index (χ2n) is 5.31. The molecule has 0 atom stereocenters. The van der Waals surface area contributed by atoms with Crippen LogP contribution >= 0.6 is 0 Å². The zero-order valence-electron chi connectivity index (χ0n) is 11.3. The lowest BCUT2D eigenvalue weighted by Gasteiger charge is -2.39. The third kappa shape index (κ3) is 2.51. The van der Waals surface area contributed by atoms with Crippen molar-refractivity contribution < 1.29 is 14.7 Å². The highest BCUT2D eigenvalue weighted by Crippen LogP contribution is 2.40. The van der Waals surface area contributed by atoms with E-state index < -0.39 is 16.8 Å². The average Bonchev–Trinajstić information content (AvgIpc) is 2.30. The summed E-state index contributed by atoms with van der Waals surface area (Å²) in [5.74, 6) is -0.914. The minimum Gasteiger partial charge on any atom is -0.481 e. The van der Waals surface area contributed by atoms with Gasteiger partial charge in [0.1, 0.15) is 0 Å². The normalized spacial score (nSPS) is 17.9. The Hall–Kier alpha value is -1.10. The fraction of sp³-hybridized carbons (Fsp3) is 0.846. The predicted octanol–water partition coefficient (Wildman–Crippen LogP) is 1.12. The molecule has 0 aromatic heterocycles. The van der Waals surface area contributed by atoms with E-state index in [0.29, 0.717) is 32.2 Å². The maximum Gasteiger partial charge on any atom is 0.311 e. The van der Waals surface area contributed by atoms with E-state index >= 15 is 0 Å². The lowest BCUT2D eigenvalue weighted by atomic mass is 9.68. The third-order valence-electron chi connectivity index (χ3n) is 4.58. The van der Waals surface area contributed by atoms with Crippen molar-refractivity contribution in [3.63, 3.8) is 0 Å². The molecule has 104 valence electrons. The van der Waals surface area contributed by atoms with Crippen LogP contribution in [-0.2, 0) is 9.59 Å². The molecule has 1 aliphatic carbocycles. The van der Waals surface area contributed by atoms with Crippen LogP contribution in [0.25, 0.3) is 0 Å². The van der Waals surface area contributed by atoms with Gasteiger partial charge in [-0.1, -0.05) is 20.3 Å². The molecule has 0 bridgehead atoms. The smallest absolute Gasteiger partial charge is 0.311 e. The number of nitrogens with two attached hydrogens (primary N) is 1. The Bertz CT molecular complexity index is 312.